The summed E-state index contributed by atoms with van der Waals surface area (Å²) in [6.45, 7) is 4.42. The van der Waals surface area contributed by atoms with Gasteiger partial charge in [0.25, 0.3) is 5.56 Å². The Morgan fingerprint density at radius 2 is 2.25 bits per heavy atom. The van der Waals surface area contributed by atoms with Crippen LogP contribution in [0.2, 0.25) is 5.02 Å². The van der Waals surface area contributed by atoms with Gasteiger partial charge in [-0.2, -0.15) is 5.10 Å². The first-order chi connectivity index (χ1) is 9.52. The first kappa shape index (κ1) is 15.1. The molecule has 4 nitrogen and oxygen atoms in total. The Labute approximate surface area is 130 Å². The summed E-state index contributed by atoms with van der Waals surface area (Å²) in [7, 11) is 0. The fraction of sp³-hybridized carbons (Fsp3) is 0.286. The van der Waals surface area contributed by atoms with Crippen molar-refractivity contribution in [1.82, 2.24) is 9.78 Å². The second kappa shape index (κ2) is 6.41. The predicted octanol–water partition coefficient (Wildman–Crippen LogP) is 3.85. The summed E-state index contributed by atoms with van der Waals surface area (Å²) in [5, 5.41) is 8.06. The van der Waals surface area contributed by atoms with E-state index in [2.05, 4.69) is 26.3 Å². The summed E-state index contributed by atoms with van der Waals surface area (Å²) in [5.41, 5.74) is 1.58. The first-order valence-electron chi connectivity index (χ1n) is 6.30. The Hall–Kier alpha value is -1.33. The third-order valence-electron chi connectivity index (χ3n) is 3.01. The van der Waals surface area contributed by atoms with Crippen LogP contribution >= 0.6 is 27.5 Å². The number of anilines is 1. The van der Waals surface area contributed by atoms with E-state index >= 15 is 0 Å². The van der Waals surface area contributed by atoms with Crippen LogP contribution in [0, 0.1) is 0 Å². The number of nitrogens with one attached hydrogen (secondary N) is 1. The molecule has 0 saturated carbocycles. The van der Waals surface area contributed by atoms with E-state index in [9.17, 15) is 4.79 Å². The molecule has 0 amide bonds. The molecule has 0 radical (unpaired) electrons. The lowest BCUT2D eigenvalue weighted by molar-refractivity contribution is 0.612. The number of hydrogen-bond donors (Lipinski definition) is 1. The van der Waals surface area contributed by atoms with E-state index in [1.54, 1.807) is 6.20 Å². The number of rotatable bonds is 4. The highest BCUT2D eigenvalue weighted by Gasteiger charge is 2.11. The Bertz CT molecular complexity index is 672. The van der Waals surface area contributed by atoms with Crippen LogP contribution in [0.3, 0.4) is 0 Å². The maximum absolute atomic E-state index is 12.0. The van der Waals surface area contributed by atoms with Crippen molar-refractivity contribution in [2.24, 2.45) is 0 Å². The first-order valence-corrected chi connectivity index (χ1v) is 7.47. The number of benzene rings is 1. The van der Waals surface area contributed by atoms with Crippen LogP contribution in [0.4, 0.5) is 5.69 Å². The maximum Gasteiger partial charge on any atom is 0.283 e. The van der Waals surface area contributed by atoms with Gasteiger partial charge in [-0.25, -0.2) is 4.68 Å². The fourth-order valence-electron chi connectivity index (χ4n) is 1.88. The minimum atomic E-state index is -0.143. The van der Waals surface area contributed by atoms with E-state index in [4.69, 9.17) is 11.6 Å². The summed E-state index contributed by atoms with van der Waals surface area (Å²) < 4.78 is 1.89. The van der Waals surface area contributed by atoms with Gasteiger partial charge < -0.3 is 5.32 Å². The van der Waals surface area contributed by atoms with E-state index in [1.165, 1.54) is 4.68 Å². The van der Waals surface area contributed by atoms with Gasteiger partial charge in [-0.15, -0.1) is 0 Å². The van der Waals surface area contributed by atoms with Crippen LogP contribution in [-0.2, 0) is 6.54 Å². The zero-order valence-corrected chi connectivity index (χ0v) is 13.6. The van der Waals surface area contributed by atoms with E-state index < -0.39 is 0 Å². The third kappa shape index (κ3) is 3.22. The summed E-state index contributed by atoms with van der Waals surface area (Å²) >= 11 is 9.31. The van der Waals surface area contributed by atoms with Crippen molar-refractivity contribution in [2.75, 3.05) is 5.32 Å². The van der Waals surface area contributed by atoms with Gasteiger partial charge in [0.1, 0.15) is 4.47 Å². The molecule has 0 aliphatic heterocycles. The molecule has 1 aromatic carbocycles. The molecule has 2 aromatic rings. The molecule has 0 saturated heterocycles. The van der Waals surface area contributed by atoms with Crippen molar-refractivity contribution in [3.8, 4) is 0 Å². The molecule has 1 atom stereocenters. The molecule has 106 valence electrons. The predicted molar refractivity (Wildman–Crippen MR) is 85.4 cm³/mol. The minimum absolute atomic E-state index is 0.0173. The summed E-state index contributed by atoms with van der Waals surface area (Å²) in [4.78, 5) is 12.0. The van der Waals surface area contributed by atoms with Gasteiger partial charge in [0.15, 0.2) is 0 Å². The van der Waals surface area contributed by atoms with E-state index in [-0.39, 0.29) is 11.6 Å². The molecule has 2 rings (SSSR count). The van der Waals surface area contributed by atoms with E-state index in [0.717, 1.165) is 5.56 Å². The highest BCUT2D eigenvalue weighted by Crippen LogP contribution is 2.24. The lowest BCUT2D eigenvalue weighted by Gasteiger charge is -2.17. The largest absolute Gasteiger partial charge is 0.376 e. The lowest BCUT2D eigenvalue weighted by Crippen LogP contribution is -2.24. The van der Waals surface area contributed by atoms with Gasteiger partial charge >= 0.3 is 0 Å². The zero-order chi connectivity index (χ0) is 14.7. The van der Waals surface area contributed by atoms with Gasteiger partial charge in [-0.1, -0.05) is 23.7 Å². The van der Waals surface area contributed by atoms with Gasteiger partial charge in [0.05, 0.1) is 11.9 Å². The zero-order valence-electron chi connectivity index (χ0n) is 11.2. The maximum atomic E-state index is 12.0. The minimum Gasteiger partial charge on any atom is -0.376 e. The van der Waals surface area contributed by atoms with Crippen LogP contribution in [0.15, 0.2) is 39.7 Å². The number of halogens is 2. The standard InChI is InChI=1S/C14H15BrClN3O/c1-3-19-14(20)13(15)12(8-17-19)18-9(2)10-5-4-6-11(16)7-10/h4-9,18H,3H2,1-2H3. The number of aromatic nitrogens is 2. The Balaban J connectivity index is 2.26. The number of nitrogens with zero attached hydrogens (tertiary/aromatic N) is 2. The molecular formula is C14H15BrClN3O. The van der Waals surface area contributed by atoms with Crippen LogP contribution in [-0.4, -0.2) is 9.78 Å². The van der Waals surface area contributed by atoms with Crippen molar-refractivity contribution in [2.45, 2.75) is 26.4 Å². The molecule has 1 N–H and O–H groups in total. The van der Waals surface area contributed by atoms with Gasteiger partial charge in [-0.05, 0) is 47.5 Å². The van der Waals surface area contributed by atoms with E-state index in [1.807, 2.05) is 38.1 Å². The molecule has 1 aromatic heterocycles. The monoisotopic (exact) mass is 355 g/mol. The third-order valence-corrected chi connectivity index (χ3v) is 4.01. The average Bonchev–Trinajstić information content (AvgIpc) is 2.44. The van der Waals surface area contributed by atoms with Crippen molar-refractivity contribution in [3.63, 3.8) is 0 Å². The summed E-state index contributed by atoms with van der Waals surface area (Å²) in [6.07, 6.45) is 1.65. The Morgan fingerprint density at radius 1 is 1.50 bits per heavy atom. The topological polar surface area (TPSA) is 46.9 Å². The van der Waals surface area contributed by atoms with Crippen molar-refractivity contribution in [3.05, 3.63) is 55.9 Å². The second-order valence-corrected chi connectivity index (χ2v) is 5.64. The van der Waals surface area contributed by atoms with Gasteiger partial charge in [0.2, 0.25) is 0 Å². The summed E-state index contributed by atoms with van der Waals surface area (Å²) in [6, 6.07) is 7.63. The number of aryl methyl sites for hydroxylation is 1. The van der Waals surface area contributed by atoms with Crippen molar-refractivity contribution < 1.29 is 0 Å². The normalized spacial score (nSPS) is 12.2. The van der Waals surface area contributed by atoms with Crippen LogP contribution in [0.5, 0.6) is 0 Å². The molecular weight excluding hydrogens is 342 g/mol. The molecule has 0 fully saturated rings. The molecule has 1 heterocycles. The molecule has 0 aliphatic carbocycles. The lowest BCUT2D eigenvalue weighted by atomic mass is 10.1. The molecule has 20 heavy (non-hydrogen) atoms. The Morgan fingerprint density at radius 3 is 2.90 bits per heavy atom. The van der Waals surface area contributed by atoms with Crippen molar-refractivity contribution in [1.29, 1.82) is 0 Å². The summed E-state index contributed by atoms with van der Waals surface area (Å²) in [5.74, 6) is 0. The SMILES string of the molecule is CCn1ncc(NC(C)c2cccc(Cl)c2)c(Br)c1=O. The molecule has 1 unspecified atom stereocenters. The highest BCUT2D eigenvalue weighted by molar-refractivity contribution is 9.10. The van der Waals surface area contributed by atoms with E-state index in [0.29, 0.717) is 21.7 Å². The Kier molecular flexibility index (Phi) is 4.83. The smallest absolute Gasteiger partial charge is 0.283 e. The van der Waals surface area contributed by atoms with Gasteiger partial charge in [-0.3, -0.25) is 4.79 Å². The van der Waals surface area contributed by atoms with Crippen LogP contribution < -0.4 is 10.9 Å². The highest BCUT2D eigenvalue weighted by atomic mass is 79.9. The molecule has 0 aliphatic rings. The van der Waals surface area contributed by atoms with Crippen LogP contribution in [0.1, 0.15) is 25.5 Å². The van der Waals surface area contributed by atoms with Gasteiger partial charge in [0, 0.05) is 17.6 Å². The fourth-order valence-corrected chi connectivity index (χ4v) is 2.50. The van der Waals surface area contributed by atoms with Crippen LogP contribution in [0.25, 0.3) is 0 Å². The second-order valence-electron chi connectivity index (χ2n) is 4.41. The number of hydrogen-bond acceptors (Lipinski definition) is 3. The quantitative estimate of drug-likeness (QED) is 0.905. The molecule has 0 spiro atoms. The molecule has 6 heteroatoms. The average molecular weight is 357 g/mol. The molecule has 0 bridgehead atoms. The van der Waals surface area contributed by atoms with Crippen molar-refractivity contribution >= 4 is 33.2 Å².